The van der Waals surface area contributed by atoms with E-state index in [1.807, 2.05) is 18.9 Å². The lowest BCUT2D eigenvalue weighted by Crippen LogP contribution is -2.17. The van der Waals surface area contributed by atoms with Gasteiger partial charge < -0.3 is 10.0 Å². The minimum absolute atomic E-state index is 0.0804. The second kappa shape index (κ2) is 5.27. The molecule has 90 valence electrons. The highest BCUT2D eigenvalue weighted by Gasteiger charge is 2.23. The molecule has 1 rings (SSSR count). The number of hydrogen-bond acceptors (Lipinski definition) is 5. The van der Waals surface area contributed by atoms with Gasteiger partial charge in [-0.25, -0.2) is 0 Å². The number of thiophene rings is 1. The number of rotatable bonds is 5. The predicted molar refractivity (Wildman–Crippen MR) is 65.2 cm³/mol. The van der Waals surface area contributed by atoms with Crippen molar-refractivity contribution in [1.82, 2.24) is 0 Å². The first-order chi connectivity index (χ1) is 7.47. The van der Waals surface area contributed by atoms with Gasteiger partial charge in [-0.3, -0.25) is 10.1 Å². The van der Waals surface area contributed by atoms with Gasteiger partial charge in [0.15, 0.2) is 5.00 Å². The van der Waals surface area contributed by atoms with E-state index >= 15 is 0 Å². The van der Waals surface area contributed by atoms with Gasteiger partial charge in [0.25, 0.3) is 0 Å². The highest BCUT2D eigenvalue weighted by Crippen LogP contribution is 2.39. The molecule has 0 radical (unpaired) electrons. The van der Waals surface area contributed by atoms with Crippen molar-refractivity contribution in [3.63, 3.8) is 0 Å². The third kappa shape index (κ3) is 2.70. The molecule has 0 saturated carbocycles. The SMILES string of the molecule is CCCN(C)c1sc([C@H](C)O)cc1[N+](=O)[O-]. The molecule has 6 heteroatoms. The summed E-state index contributed by atoms with van der Waals surface area (Å²) in [6.07, 6.45) is 0.266. The standard InChI is InChI=1S/C10H16N2O3S/c1-4-5-11(3)10-8(12(14)15)6-9(16-10)7(2)13/h6-7,13H,4-5H2,1-3H3/t7-/m0/s1. The zero-order valence-electron chi connectivity index (χ0n) is 9.64. The number of nitro groups is 1. The summed E-state index contributed by atoms with van der Waals surface area (Å²) in [7, 11) is 1.83. The van der Waals surface area contributed by atoms with Crippen LogP contribution in [0, 0.1) is 10.1 Å². The molecule has 1 atom stereocenters. The van der Waals surface area contributed by atoms with E-state index in [-0.39, 0.29) is 5.69 Å². The molecule has 1 aromatic rings. The molecule has 0 saturated heterocycles. The van der Waals surface area contributed by atoms with Crippen LogP contribution in [-0.4, -0.2) is 23.6 Å². The molecular weight excluding hydrogens is 228 g/mol. The zero-order valence-corrected chi connectivity index (χ0v) is 10.5. The average molecular weight is 244 g/mol. The zero-order chi connectivity index (χ0) is 12.3. The molecule has 0 unspecified atom stereocenters. The lowest BCUT2D eigenvalue weighted by atomic mass is 10.3. The third-order valence-electron chi connectivity index (χ3n) is 2.23. The van der Waals surface area contributed by atoms with Crippen molar-refractivity contribution in [2.75, 3.05) is 18.5 Å². The Morgan fingerprint density at radius 3 is 2.75 bits per heavy atom. The van der Waals surface area contributed by atoms with Crippen LogP contribution in [0.5, 0.6) is 0 Å². The predicted octanol–water partition coefficient (Wildman–Crippen LogP) is 2.56. The third-order valence-corrected chi connectivity index (χ3v) is 3.64. The van der Waals surface area contributed by atoms with Gasteiger partial charge >= 0.3 is 5.69 Å². The molecule has 1 heterocycles. The number of aliphatic hydroxyl groups is 1. The Balaban J connectivity index is 3.09. The molecular formula is C10H16N2O3S. The van der Waals surface area contributed by atoms with Crippen LogP contribution >= 0.6 is 11.3 Å². The molecule has 0 aliphatic rings. The van der Waals surface area contributed by atoms with E-state index in [1.165, 1.54) is 17.4 Å². The number of nitrogens with zero attached hydrogens (tertiary/aromatic N) is 2. The Labute approximate surface area is 98.5 Å². The van der Waals surface area contributed by atoms with Crippen LogP contribution in [0.2, 0.25) is 0 Å². The Hall–Kier alpha value is -1.14. The van der Waals surface area contributed by atoms with Gasteiger partial charge in [-0.2, -0.15) is 0 Å². The van der Waals surface area contributed by atoms with Gasteiger partial charge in [0.05, 0.1) is 11.0 Å². The van der Waals surface area contributed by atoms with Crippen molar-refractivity contribution in [1.29, 1.82) is 0 Å². The smallest absolute Gasteiger partial charge is 0.304 e. The van der Waals surface area contributed by atoms with E-state index in [0.717, 1.165) is 13.0 Å². The molecule has 0 aliphatic heterocycles. The molecule has 1 N–H and O–H groups in total. The van der Waals surface area contributed by atoms with E-state index in [4.69, 9.17) is 0 Å². The summed E-state index contributed by atoms with van der Waals surface area (Å²) >= 11 is 1.28. The summed E-state index contributed by atoms with van der Waals surface area (Å²) in [6.45, 7) is 4.39. The summed E-state index contributed by atoms with van der Waals surface area (Å²) in [5.74, 6) is 0. The molecule has 1 aromatic heterocycles. The van der Waals surface area contributed by atoms with Crippen molar-refractivity contribution in [2.24, 2.45) is 0 Å². The summed E-state index contributed by atoms with van der Waals surface area (Å²) in [5, 5.41) is 20.9. The monoisotopic (exact) mass is 244 g/mol. The maximum atomic E-state index is 10.9. The van der Waals surface area contributed by atoms with Crippen molar-refractivity contribution >= 4 is 22.0 Å². The van der Waals surface area contributed by atoms with E-state index in [0.29, 0.717) is 9.88 Å². The maximum Gasteiger partial charge on any atom is 0.304 e. The minimum atomic E-state index is -0.660. The molecule has 16 heavy (non-hydrogen) atoms. The van der Waals surface area contributed by atoms with E-state index in [2.05, 4.69) is 0 Å². The Morgan fingerprint density at radius 2 is 2.31 bits per heavy atom. The largest absolute Gasteiger partial charge is 0.388 e. The summed E-state index contributed by atoms with van der Waals surface area (Å²) in [4.78, 5) is 13.0. The first-order valence-electron chi connectivity index (χ1n) is 5.14. The van der Waals surface area contributed by atoms with Gasteiger partial charge in [-0.05, 0) is 13.3 Å². The van der Waals surface area contributed by atoms with Crippen LogP contribution in [0.1, 0.15) is 31.2 Å². The van der Waals surface area contributed by atoms with Crippen LogP contribution in [-0.2, 0) is 0 Å². The second-order valence-corrected chi connectivity index (χ2v) is 4.76. The molecule has 0 aromatic carbocycles. The fraction of sp³-hybridized carbons (Fsp3) is 0.600. The van der Waals surface area contributed by atoms with E-state index in [9.17, 15) is 15.2 Å². The van der Waals surface area contributed by atoms with E-state index in [1.54, 1.807) is 6.92 Å². The van der Waals surface area contributed by atoms with Gasteiger partial charge in [0.2, 0.25) is 0 Å². The number of anilines is 1. The minimum Gasteiger partial charge on any atom is -0.388 e. The highest BCUT2D eigenvalue weighted by molar-refractivity contribution is 7.16. The van der Waals surface area contributed by atoms with Crippen LogP contribution in [0.25, 0.3) is 0 Å². The van der Waals surface area contributed by atoms with Gasteiger partial charge in [-0.1, -0.05) is 6.92 Å². The first-order valence-corrected chi connectivity index (χ1v) is 5.96. The Morgan fingerprint density at radius 1 is 1.69 bits per heavy atom. The second-order valence-electron chi connectivity index (χ2n) is 3.69. The number of aliphatic hydroxyl groups excluding tert-OH is 1. The Kier molecular flexibility index (Phi) is 4.26. The van der Waals surface area contributed by atoms with Gasteiger partial charge in [-0.15, -0.1) is 11.3 Å². The highest BCUT2D eigenvalue weighted by atomic mass is 32.1. The lowest BCUT2D eigenvalue weighted by molar-refractivity contribution is -0.383. The molecule has 0 aliphatic carbocycles. The maximum absolute atomic E-state index is 10.9. The lowest BCUT2D eigenvalue weighted by Gasteiger charge is -2.14. The number of hydrogen-bond donors (Lipinski definition) is 1. The summed E-state index contributed by atoms with van der Waals surface area (Å²) in [5.41, 5.74) is 0.0804. The molecule has 0 spiro atoms. The topological polar surface area (TPSA) is 66.6 Å². The van der Waals surface area contributed by atoms with Crippen molar-refractivity contribution in [3.8, 4) is 0 Å². The fourth-order valence-corrected chi connectivity index (χ4v) is 2.49. The van der Waals surface area contributed by atoms with Crippen molar-refractivity contribution < 1.29 is 10.0 Å². The summed E-state index contributed by atoms with van der Waals surface area (Å²) in [6, 6.07) is 1.46. The average Bonchev–Trinajstić information content (AvgIpc) is 2.62. The molecule has 0 amide bonds. The first kappa shape index (κ1) is 12.9. The van der Waals surface area contributed by atoms with Crippen LogP contribution in [0.3, 0.4) is 0 Å². The van der Waals surface area contributed by atoms with Crippen LogP contribution < -0.4 is 4.90 Å². The van der Waals surface area contributed by atoms with Gasteiger partial charge in [0, 0.05) is 24.5 Å². The summed E-state index contributed by atoms with van der Waals surface area (Å²) < 4.78 is 0. The molecule has 0 fully saturated rings. The Bertz CT molecular complexity index is 376. The molecule has 5 nitrogen and oxygen atoms in total. The van der Waals surface area contributed by atoms with E-state index < -0.39 is 11.0 Å². The molecule has 0 bridgehead atoms. The normalized spacial score (nSPS) is 12.5. The fourth-order valence-electron chi connectivity index (χ4n) is 1.44. The van der Waals surface area contributed by atoms with Gasteiger partial charge in [0.1, 0.15) is 0 Å². The van der Waals surface area contributed by atoms with Crippen molar-refractivity contribution in [3.05, 3.63) is 21.1 Å². The van der Waals surface area contributed by atoms with Crippen LogP contribution in [0.4, 0.5) is 10.7 Å². The quantitative estimate of drug-likeness (QED) is 0.638. The van der Waals surface area contributed by atoms with Crippen LogP contribution in [0.15, 0.2) is 6.07 Å². The van der Waals surface area contributed by atoms with Crippen molar-refractivity contribution in [2.45, 2.75) is 26.4 Å².